The predicted octanol–water partition coefficient (Wildman–Crippen LogP) is 2.45. The summed E-state index contributed by atoms with van der Waals surface area (Å²) in [6.07, 6.45) is 1.06. The van der Waals surface area contributed by atoms with Gasteiger partial charge in [-0.25, -0.2) is 4.98 Å². The number of rotatable bonds is 7. The van der Waals surface area contributed by atoms with E-state index in [0.29, 0.717) is 6.54 Å². The van der Waals surface area contributed by atoms with Crippen LogP contribution in [0.4, 0.5) is 0 Å². The molecule has 0 fully saturated rings. The number of nitrogens with two attached hydrogens (primary N) is 1. The maximum absolute atomic E-state index is 5.70. The van der Waals surface area contributed by atoms with Gasteiger partial charge >= 0.3 is 0 Å². The third kappa shape index (κ3) is 4.74. The number of thiazole rings is 1. The van der Waals surface area contributed by atoms with Crippen LogP contribution in [0.15, 0.2) is 35.7 Å². The first kappa shape index (κ1) is 14.2. The third-order valence-corrected chi connectivity index (χ3v) is 3.88. The summed E-state index contributed by atoms with van der Waals surface area (Å²) in [5.41, 5.74) is 8.23. The number of nitrogens with zero attached hydrogens (tertiary/aromatic N) is 2. The van der Waals surface area contributed by atoms with E-state index in [1.54, 1.807) is 11.3 Å². The molecule has 0 radical (unpaired) electrons. The second-order valence-electron chi connectivity index (χ2n) is 4.66. The summed E-state index contributed by atoms with van der Waals surface area (Å²) < 4.78 is 0. The lowest BCUT2D eigenvalue weighted by Gasteiger charge is -2.20. The van der Waals surface area contributed by atoms with Crippen LogP contribution < -0.4 is 5.73 Å². The van der Waals surface area contributed by atoms with Gasteiger partial charge in [-0.15, -0.1) is 11.3 Å². The van der Waals surface area contributed by atoms with Gasteiger partial charge in [0.05, 0.1) is 10.7 Å². The molecule has 2 aromatic rings. The summed E-state index contributed by atoms with van der Waals surface area (Å²) in [7, 11) is 0. The van der Waals surface area contributed by atoms with Gasteiger partial charge in [0.15, 0.2) is 0 Å². The van der Waals surface area contributed by atoms with Gasteiger partial charge < -0.3 is 5.73 Å². The second kappa shape index (κ2) is 7.38. The number of aryl methyl sites for hydroxylation is 1. The summed E-state index contributed by atoms with van der Waals surface area (Å²) in [4.78, 5) is 6.90. The molecule has 102 valence electrons. The van der Waals surface area contributed by atoms with Crippen LogP contribution in [0.3, 0.4) is 0 Å². The lowest BCUT2D eigenvalue weighted by Crippen LogP contribution is -2.31. The smallest absolute Gasteiger partial charge is 0.0897 e. The van der Waals surface area contributed by atoms with Gasteiger partial charge in [-0.3, -0.25) is 4.90 Å². The monoisotopic (exact) mass is 275 g/mol. The van der Waals surface area contributed by atoms with E-state index in [1.807, 2.05) is 6.92 Å². The van der Waals surface area contributed by atoms with Crippen molar-refractivity contribution in [3.05, 3.63) is 52.0 Å². The molecule has 0 saturated carbocycles. The highest BCUT2D eigenvalue weighted by Gasteiger charge is 2.07. The van der Waals surface area contributed by atoms with Gasteiger partial charge in [0.1, 0.15) is 0 Å². The highest BCUT2D eigenvalue weighted by Crippen LogP contribution is 2.11. The third-order valence-electron chi connectivity index (χ3n) is 3.06. The molecule has 0 saturated heterocycles. The second-order valence-corrected chi connectivity index (χ2v) is 5.72. The van der Waals surface area contributed by atoms with E-state index < -0.39 is 0 Å². The van der Waals surface area contributed by atoms with Crippen molar-refractivity contribution in [1.82, 2.24) is 9.88 Å². The fourth-order valence-electron chi connectivity index (χ4n) is 2.09. The summed E-state index contributed by atoms with van der Waals surface area (Å²) in [5.74, 6) is 0. The van der Waals surface area contributed by atoms with Crippen LogP contribution in [0.25, 0.3) is 0 Å². The molecule has 19 heavy (non-hydrogen) atoms. The van der Waals surface area contributed by atoms with Gasteiger partial charge in [-0.05, 0) is 18.9 Å². The van der Waals surface area contributed by atoms with Crippen LogP contribution in [0, 0.1) is 6.92 Å². The molecule has 0 amide bonds. The quantitative estimate of drug-likeness (QED) is 0.844. The van der Waals surface area contributed by atoms with E-state index in [0.717, 1.165) is 36.8 Å². The topological polar surface area (TPSA) is 42.2 Å². The first-order valence-corrected chi connectivity index (χ1v) is 7.53. The Hall–Kier alpha value is -1.23. The van der Waals surface area contributed by atoms with Crippen LogP contribution in [-0.4, -0.2) is 29.5 Å². The van der Waals surface area contributed by atoms with Crippen molar-refractivity contribution in [2.45, 2.75) is 19.9 Å². The Kier molecular flexibility index (Phi) is 5.51. The molecule has 3 nitrogen and oxygen atoms in total. The molecule has 1 heterocycles. The summed E-state index contributed by atoms with van der Waals surface area (Å²) in [6.45, 7) is 5.58. The Bertz CT molecular complexity index is 481. The molecule has 0 atom stereocenters. The molecule has 4 heteroatoms. The highest BCUT2D eigenvalue weighted by molar-refractivity contribution is 7.09. The summed E-state index contributed by atoms with van der Waals surface area (Å²) >= 11 is 1.71. The zero-order chi connectivity index (χ0) is 13.5. The van der Waals surface area contributed by atoms with Gasteiger partial charge in [0, 0.05) is 31.6 Å². The first-order valence-electron chi connectivity index (χ1n) is 6.65. The zero-order valence-corrected chi connectivity index (χ0v) is 12.2. The highest BCUT2D eigenvalue weighted by atomic mass is 32.1. The van der Waals surface area contributed by atoms with Crippen LogP contribution in [0.2, 0.25) is 0 Å². The lowest BCUT2D eigenvalue weighted by atomic mass is 10.1. The molecule has 0 spiro atoms. The van der Waals surface area contributed by atoms with Crippen LogP contribution in [0.1, 0.15) is 16.3 Å². The normalized spacial score (nSPS) is 11.1. The predicted molar refractivity (Wildman–Crippen MR) is 81.3 cm³/mol. The minimum atomic E-state index is 0.692. The van der Waals surface area contributed by atoms with E-state index in [2.05, 4.69) is 45.6 Å². The van der Waals surface area contributed by atoms with E-state index in [-0.39, 0.29) is 0 Å². The fourth-order valence-corrected chi connectivity index (χ4v) is 2.70. The standard InChI is InChI=1S/C15H21N3S/c1-13-17-15(12-19-13)11-18(10-8-16)9-7-14-5-3-2-4-6-14/h2-6,12H,7-11,16H2,1H3. The van der Waals surface area contributed by atoms with Crippen LogP contribution in [-0.2, 0) is 13.0 Å². The molecule has 0 aliphatic heterocycles. The Morgan fingerprint density at radius 1 is 1.21 bits per heavy atom. The SMILES string of the molecule is Cc1nc(CN(CCN)CCc2ccccc2)cs1. The average molecular weight is 275 g/mol. The number of hydrogen-bond donors (Lipinski definition) is 1. The number of aromatic nitrogens is 1. The van der Waals surface area contributed by atoms with Gasteiger partial charge in [0.25, 0.3) is 0 Å². The molecule has 0 aliphatic carbocycles. The molecule has 1 aromatic carbocycles. The minimum absolute atomic E-state index is 0.692. The molecule has 0 bridgehead atoms. The average Bonchev–Trinajstić information content (AvgIpc) is 2.83. The summed E-state index contributed by atoms with van der Waals surface area (Å²) in [6, 6.07) is 10.6. The van der Waals surface area contributed by atoms with Crippen LogP contribution in [0.5, 0.6) is 0 Å². The van der Waals surface area contributed by atoms with Crippen molar-refractivity contribution >= 4 is 11.3 Å². The molecular weight excluding hydrogens is 254 g/mol. The molecule has 2 rings (SSSR count). The lowest BCUT2D eigenvalue weighted by molar-refractivity contribution is 0.273. The molecule has 0 aliphatic rings. The van der Waals surface area contributed by atoms with E-state index in [4.69, 9.17) is 5.73 Å². The molecule has 0 unspecified atom stereocenters. The Morgan fingerprint density at radius 2 is 2.00 bits per heavy atom. The zero-order valence-electron chi connectivity index (χ0n) is 11.4. The van der Waals surface area contributed by atoms with E-state index in [1.165, 1.54) is 5.56 Å². The van der Waals surface area contributed by atoms with Crippen LogP contribution >= 0.6 is 11.3 Å². The number of benzene rings is 1. The molecular formula is C15H21N3S. The Morgan fingerprint density at radius 3 is 2.63 bits per heavy atom. The van der Waals surface area contributed by atoms with E-state index in [9.17, 15) is 0 Å². The van der Waals surface area contributed by atoms with Crippen molar-refractivity contribution < 1.29 is 0 Å². The van der Waals surface area contributed by atoms with Gasteiger partial charge in [-0.1, -0.05) is 30.3 Å². The first-order chi connectivity index (χ1) is 9.28. The maximum atomic E-state index is 5.70. The van der Waals surface area contributed by atoms with Gasteiger partial charge in [-0.2, -0.15) is 0 Å². The largest absolute Gasteiger partial charge is 0.329 e. The van der Waals surface area contributed by atoms with Crippen molar-refractivity contribution in [2.75, 3.05) is 19.6 Å². The van der Waals surface area contributed by atoms with E-state index >= 15 is 0 Å². The fraction of sp³-hybridized carbons (Fsp3) is 0.400. The Labute approximate surface area is 119 Å². The van der Waals surface area contributed by atoms with Crippen molar-refractivity contribution in [2.24, 2.45) is 5.73 Å². The van der Waals surface area contributed by atoms with Crippen molar-refractivity contribution in [3.8, 4) is 0 Å². The number of hydrogen-bond acceptors (Lipinski definition) is 4. The maximum Gasteiger partial charge on any atom is 0.0897 e. The minimum Gasteiger partial charge on any atom is -0.329 e. The van der Waals surface area contributed by atoms with Crippen molar-refractivity contribution in [3.63, 3.8) is 0 Å². The molecule has 1 aromatic heterocycles. The Balaban J connectivity index is 1.89. The van der Waals surface area contributed by atoms with Crippen molar-refractivity contribution in [1.29, 1.82) is 0 Å². The van der Waals surface area contributed by atoms with Gasteiger partial charge in [0.2, 0.25) is 0 Å². The molecule has 2 N–H and O–H groups in total. The summed E-state index contributed by atoms with van der Waals surface area (Å²) in [5, 5.41) is 3.27.